The van der Waals surface area contributed by atoms with Gasteiger partial charge >= 0.3 is 17.9 Å². The quantitative estimate of drug-likeness (QED) is 0.0261. The van der Waals surface area contributed by atoms with E-state index in [0.717, 1.165) is 57.8 Å². The summed E-state index contributed by atoms with van der Waals surface area (Å²) < 4.78 is 17.0. The lowest BCUT2D eigenvalue weighted by Crippen LogP contribution is -2.30. The Labute approximate surface area is 506 Å². The van der Waals surface area contributed by atoms with Crippen LogP contribution in [0.15, 0.2) is 24.3 Å². The summed E-state index contributed by atoms with van der Waals surface area (Å²) in [6, 6.07) is 0. The SMILES string of the molecule is CCCCCCCC/C=C\CCCCCCCCCCCC(=O)OC(COC(=O)CCCCCCCCCCCCCCC/C=C\CCCCCCCCCC)COC(=O)CCCCCCCCCCCCCCCCCCCCC. The molecule has 0 rings (SSSR count). The van der Waals surface area contributed by atoms with E-state index >= 15 is 0 Å². The molecule has 81 heavy (non-hydrogen) atoms. The molecule has 0 aromatic heterocycles. The van der Waals surface area contributed by atoms with E-state index in [1.807, 2.05) is 0 Å². The molecule has 0 heterocycles. The highest BCUT2D eigenvalue weighted by Crippen LogP contribution is 2.19. The molecule has 6 heteroatoms. The molecule has 0 saturated heterocycles. The number of carbonyl (C=O) groups excluding carboxylic acids is 3. The number of hydrogen-bond acceptors (Lipinski definition) is 6. The fraction of sp³-hybridized carbons (Fsp3) is 0.907. The lowest BCUT2D eigenvalue weighted by molar-refractivity contribution is -0.167. The van der Waals surface area contributed by atoms with Crippen LogP contribution in [-0.4, -0.2) is 37.2 Å². The van der Waals surface area contributed by atoms with E-state index in [0.29, 0.717) is 19.3 Å². The van der Waals surface area contributed by atoms with Crippen LogP contribution in [0, 0.1) is 0 Å². The molecule has 0 fully saturated rings. The number of rotatable bonds is 69. The van der Waals surface area contributed by atoms with Crippen LogP contribution in [0.3, 0.4) is 0 Å². The van der Waals surface area contributed by atoms with Crippen molar-refractivity contribution >= 4 is 17.9 Å². The van der Waals surface area contributed by atoms with Gasteiger partial charge < -0.3 is 14.2 Å². The van der Waals surface area contributed by atoms with Crippen LogP contribution in [0.5, 0.6) is 0 Å². The molecule has 0 amide bonds. The van der Waals surface area contributed by atoms with Gasteiger partial charge in [-0.25, -0.2) is 0 Å². The van der Waals surface area contributed by atoms with Gasteiger partial charge in [-0.3, -0.25) is 14.4 Å². The molecule has 1 unspecified atom stereocenters. The normalized spacial score (nSPS) is 12.1. The Kier molecular flexibility index (Phi) is 68.5. The Bertz CT molecular complexity index is 1310. The number of ether oxygens (including phenoxy) is 3. The molecule has 0 aromatic rings. The number of hydrogen-bond donors (Lipinski definition) is 0. The third kappa shape index (κ3) is 68.6. The number of esters is 3. The minimum Gasteiger partial charge on any atom is -0.462 e. The molecule has 0 N–H and O–H groups in total. The van der Waals surface area contributed by atoms with Gasteiger partial charge in [0.05, 0.1) is 0 Å². The van der Waals surface area contributed by atoms with Crippen molar-refractivity contribution in [3.63, 3.8) is 0 Å². The molecule has 6 nitrogen and oxygen atoms in total. The predicted octanol–water partition coefficient (Wildman–Crippen LogP) is 25.3. The maximum Gasteiger partial charge on any atom is 0.306 e. The van der Waals surface area contributed by atoms with Crippen LogP contribution >= 0.6 is 0 Å². The summed E-state index contributed by atoms with van der Waals surface area (Å²) in [4.78, 5) is 38.5. The zero-order valence-corrected chi connectivity index (χ0v) is 55.1. The molecule has 0 saturated carbocycles. The Morgan fingerprint density at radius 1 is 0.235 bits per heavy atom. The van der Waals surface area contributed by atoms with Crippen molar-refractivity contribution in [2.75, 3.05) is 13.2 Å². The Hall–Kier alpha value is -2.11. The molecule has 0 aromatic carbocycles. The molecule has 478 valence electrons. The summed E-state index contributed by atoms with van der Waals surface area (Å²) in [5.74, 6) is -0.832. The van der Waals surface area contributed by atoms with E-state index in [9.17, 15) is 14.4 Å². The average Bonchev–Trinajstić information content (AvgIpc) is 3.47. The Balaban J connectivity index is 4.27. The first-order chi connectivity index (χ1) is 40.0. The zero-order chi connectivity index (χ0) is 58.5. The summed E-state index contributed by atoms with van der Waals surface area (Å²) in [7, 11) is 0. The van der Waals surface area contributed by atoms with Crippen molar-refractivity contribution in [1.82, 2.24) is 0 Å². The van der Waals surface area contributed by atoms with Crippen molar-refractivity contribution in [3.8, 4) is 0 Å². The Morgan fingerprint density at radius 3 is 0.617 bits per heavy atom. The molecule has 0 bridgehead atoms. The standard InChI is InChI=1S/C75H142O6/c1-4-7-10-13-16-19-22-25-28-31-34-35-36-37-38-39-42-44-47-50-53-56-59-62-65-68-74(77)80-71-72(81-75(78)69-66-63-60-57-54-51-48-45-41-33-30-27-24-21-18-15-12-9-6-3)70-79-73(76)67-64-61-58-55-52-49-46-43-40-32-29-26-23-20-17-14-11-8-5-2/h27,30-31,34,72H,4-26,28-29,32-33,35-71H2,1-3H3/b30-27-,34-31-. The zero-order valence-electron chi connectivity index (χ0n) is 55.1. The third-order valence-corrected chi connectivity index (χ3v) is 16.9. The molecule has 0 radical (unpaired) electrons. The van der Waals surface area contributed by atoms with E-state index in [4.69, 9.17) is 14.2 Å². The fourth-order valence-corrected chi connectivity index (χ4v) is 11.4. The second-order valence-corrected chi connectivity index (χ2v) is 25.2. The molecule has 0 aliphatic carbocycles. The van der Waals surface area contributed by atoms with E-state index in [-0.39, 0.29) is 31.1 Å². The van der Waals surface area contributed by atoms with Crippen molar-refractivity contribution in [1.29, 1.82) is 0 Å². The van der Waals surface area contributed by atoms with Gasteiger partial charge in [-0.2, -0.15) is 0 Å². The lowest BCUT2D eigenvalue weighted by Gasteiger charge is -2.18. The molecule has 1 atom stereocenters. The van der Waals surface area contributed by atoms with Crippen LogP contribution in [0.1, 0.15) is 419 Å². The van der Waals surface area contributed by atoms with E-state index in [1.165, 1.54) is 321 Å². The predicted molar refractivity (Wildman–Crippen MR) is 353 cm³/mol. The van der Waals surface area contributed by atoms with Crippen molar-refractivity contribution in [2.45, 2.75) is 425 Å². The molecular formula is C75H142O6. The second kappa shape index (κ2) is 70.4. The smallest absolute Gasteiger partial charge is 0.306 e. The number of allylic oxidation sites excluding steroid dienone is 4. The summed E-state index contributed by atoms with van der Waals surface area (Å²) in [6.07, 6.45) is 86.4. The van der Waals surface area contributed by atoms with Crippen molar-refractivity contribution in [2.24, 2.45) is 0 Å². The van der Waals surface area contributed by atoms with Crippen LogP contribution in [0.4, 0.5) is 0 Å². The first-order valence-corrected chi connectivity index (χ1v) is 36.8. The summed E-state index contributed by atoms with van der Waals surface area (Å²) in [5, 5.41) is 0. The van der Waals surface area contributed by atoms with Gasteiger partial charge in [0.25, 0.3) is 0 Å². The summed E-state index contributed by atoms with van der Waals surface area (Å²) in [6.45, 7) is 6.73. The topological polar surface area (TPSA) is 78.9 Å². The molecule has 0 spiro atoms. The summed E-state index contributed by atoms with van der Waals surface area (Å²) in [5.41, 5.74) is 0. The van der Waals surface area contributed by atoms with Gasteiger partial charge in [0.2, 0.25) is 0 Å². The monoisotopic (exact) mass is 1140 g/mol. The van der Waals surface area contributed by atoms with Crippen LogP contribution in [0.25, 0.3) is 0 Å². The van der Waals surface area contributed by atoms with Gasteiger partial charge in [-0.1, -0.05) is 353 Å². The van der Waals surface area contributed by atoms with Crippen LogP contribution in [-0.2, 0) is 28.6 Å². The van der Waals surface area contributed by atoms with Gasteiger partial charge in [0, 0.05) is 19.3 Å². The highest BCUT2D eigenvalue weighted by atomic mass is 16.6. The van der Waals surface area contributed by atoms with Crippen LogP contribution in [0.2, 0.25) is 0 Å². The van der Waals surface area contributed by atoms with E-state index in [1.54, 1.807) is 0 Å². The first-order valence-electron chi connectivity index (χ1n) is 36.8. The highest BCUT2D eigenvalue weighted by Gasteiger charge is 2.20. The van der Waals surface area contributed by atoms with Gasteiger partial charge in [0.15, 0.2) is 6.10 Å². The minimum atomic E-state index is -0.771. The fourth-order valence-electron chi connectivity index (χ4n) is 11.4. The summed E-state index contributed by atoms with van der Waals surface area (Å²) >= 11 is 0. The maximum absolute atomic E-state index is 13.0. The highest BCUT2D eigenvalue weighted by molar-refractivity contribution is 5.71. The van der Waals surface area contributed by atoms with E-state index < -0.39 is 6.10 Å². The number of carbonyl (C=O) groups is 3. The Morgan fingerprint density at radius 2 is 0.407 bits per heavy atom. The molecule has 0 aliphatic heterocycles. The van der Waals surface area contributed by atoms with Gasteiger partial charge in [0.1, 0.15) is 13.2 Å². The first kappa shape index (κ1) is 78.9. The van der Waals surface area contributed by atoms with Gasteiger partial charge in [-0.05, 0) is 70.6 Å². The van der Waals surface area contributed by atoms with Crippen molar-refractivity contribution in [3.05, 3.63) is 24.3 Å². The molecular weight excluding hydrogens is 997 g/mol. The number of unbranched alkanes of at least 4 members (excludes halogenated alkanes) is 54. The van der Waals surface area contributed by atoms with E-state index in [2.05, 4.69) is 45.1 Å². The maximum atomic E-state index is 13.0. The third-order valence-electron chi connectivity index (χ3n) is 16.9. The largest absolute Gasteiger partial charge is 0.462 e. The van der Waals surface area contributed by atoms with Gasteiger partial charge in [-0.15, -0.1) is 0 Å². The average molecular weight is 1140 g/mol. The molecule has 0 aliphatic rings. The second-order valence-electron chi connectivity index (χ2n) is 25.2. The van der Waals surface area contributed by atoms with Crippen molar-refractivity contribution < 1.29 is 28.6 Å². The minimum absolute atomic E-state index is 0.0657. The lowest BCUT2D eigenvalue weighted by atomic mass is 10.0. The van der Waals surface area contributed by atoms with Crippen LogP contribution < -0.4 is 0 Å².